The van der Waals surface area contributed by atoms with Gasteiger partial charge in [0.15, 0.2) is 0 Å². The zero-order valence-electron chi connectivity index (χ0n) is 21.3. The number of amides is 2. The first kappa shape index (κ1) is 29.6. The SMILES string of the molecule is C=C/C(=C/I)CN1C(=O)[C@@H](C(=O)NC2=C(C3=NC=NC(F)(CF)C3)CC(C(F)F)C=C2)C(O)C2(CCC2)N1C. The highest BCUT2D eigenvalue weighted by Crippen LogP contribution is 2.46. The molecule has 2 amide bonds. The average Bonchev–Trinajstić information content (AvgIpc) is 2.88. The number of likely N-dealkylation sites (N-methyl/N-ethyl adjacent to an activating group) is 1. The van der Waals surface area contributed by atoms with Crippen LogP contribution in [-0.4, -0.2) is 83.1 Å². The summed E-state index contributed by atoms with van der Waals surface area (Å²) in [6.45, 7) is 2.46. The molecule has 0 aromatic heterocycles. The van der Waals surface area contributed by atoms with E-state index in [2.05, 4.69) is 21.9 Å². The highest BCUT2D eigenvalue weighted by molar-refractivity contribution is 14.1. The number of carbonyl (C=O) groups is 2. The molecule has 2 N–H and O–H groups in total. The Hall–Kier alpha value is -2.39. The Labute approximate surface area is 237 Å². The van der Waals surface area contributed by atoms with E-state index in [0.717, 1.165) is 18.3 Å². The minimum atomic E-state index is -2.74. The fourth-order valence-corrected chi connectivity index (χ4v) is 5.88. The lowest BCUT2D eigenvalue weighted by atomic mass is 9.67. The molecule has 39 heavy (non-hydrogen) atoms. The summed E-state index contributed by atoms with van der Waals surface area (Å²) in [5, 5.41) is 17.0. The van der Waals surface area contributed by atoms with Crippen LogP contribution < -0.4 is 5.32 Å². The third-order valence-corrected chi connectivity index (χ3v) is 8.78. The van der Waals surface area contributed by atoms with Crippen LogP contribution in [0.1, 0.15) is 32.1 Å². The molecule has 0 bridgehead atoms. The second kappa shape index (κ2) is 11.6. The number of nitrogens with one attached hydrogen (secondary N) is 1. The van der Waals surface area contributed by atoms with Crippen molar-refractivity contribution in [3.8, 4) is 0 Å². The highest BCUT2D eigenvalue weighted by atomic mass is 127. The molecule has 0 aromatic carbocycles. The average molecular weight is 663 g/mol. The van der Waals surface area contributed by atoms with Crippen molar-refractivity contribution < 1.29 is 32.3 Å². The van der Waals surface area contributed by atoms with Crippen LogP contribution in [0.4, 0.5) is 17.6 Å². The van der Waals surface area contributed by atoms with Gasteiger partial charge in [0.1, 0.15) is 18.9 Å². The van der Waals surface area contributed by atoms with Gasteiger partial charge in [-0.05, 0) is 47.0 Å². The number of hydrazine groups is 1. The molecule has 2 heterocycles. The van der Waals surface area contributed by atoms with E-state index in [1.807, 2.05) is 22.6 Å². The van der Waals surface area contributed by atoms with Crippen LogP contribution in [0.15, 0.2) is 55.7 Å². The molecule has 8 nitrogen and oxygen atoms in total. The van der Waals surface area contributed by atoms with E-state index in [4.69, 9.17) is 0 Å². The largest absolute Gasteiger partial charge is 0.390 e. The van der Waals surface area contributed by atoms with Crippen molar-refractivity contribution in [3.63, 3.8) is 0 Å². The number of aliphatic imine (C=N–C) groups is 2. The summed E-state index contributed by atoms with van der Waals surface area (Å²) in [6, 6.07) is 0. The Morgan fingerprint density at radius 3 is 2.69 bits per heavy atom. The first-order valence-electron chi connectivity index (χ1n) is 12.5. The Balaban J connectivity index is 1.67. The maximum atomic E-state index is 14.7. The van der Waals surface area contributed by atoms with Crippen LogP contribution in [0.5, 0.6) is 0 Å². The number of hydrogen-bond acceptors (Lipinski definition) is 6. The standard InChI is InChI=1S/C26H30F4IN5O3/c1-3-15(11-31)12-36-24(39)20(21(37)25(35(36)2)7-4-8-25)23(38)34-18-6-5-16(22(28)29)9-17(18)19-10-26(30,13-27)33-14-32-19/h3,5-6,11,14,16,20-22,37H,1,4,7-10,12-13H2,2H3,(H,34,38)/b15-11-/t16?,20-,21?,26?/m1/s1. The number of allylic oxidation sites excluding steroid dienone is 3. The molecule has 1 saturated heterocycles. The summed E-state index contributed by atoms with van der Waals surface area (Å²) < 4.78 is 56.9. The molecule has 212 valence electrons. The van der Waals surface area contributed by atoms with Gasteiger partial charge >= 0.3 is 0 Å². The quantitative estimate of drug-likeness (QED) is 0.136. The van der Waals surface area contributed by atoms with E-state index < -0.39 is 60.6 Å². The lowest BCUT2D eigenvalue weighted by Gasteiger charge is -2.59. The van der Waals surface area contributed by atoms with Gasteiger partial charge in [0.25, 0.3) is 5.91 Å². The van der Waals surface area contributed by atoms with E-state index in [1.165, 1.54) is 17.2 Å². The first-order valence-corrected chi connectivity index (χ1v) is 13.8. The van der Waals surface area contributed by atoms with Crippen LogP contribution in [0.25, 0.3) is 0 Å². The normalized spacial score (nSPS) is 31.0. The minimum Gasteiger partial charge on any atom is -0.390 e. The molecular weight excluding hydrogens is 633 g/mol. The van der Waals surface area contributed by atoms with Gasteiger partial charge in [-0.25, -0.2) is 32.6 Å². The van der Waals surface area contributed by atoms with E-state index in [1.54, 1.807) is 22.2 Å². The molecule has 1 spiro atoms. The minimum absolute atomic E-state index is 0.0226. The maximum absolute atomic E-state index is 14.7. The number of hydrogen-bond donors (Lipinski definition) is 2. The molecule has 2 fully saturated rings. The first-order chi connectivity index (χ1) is 18.5. The van der Waals surface area contributed by atoms with Gasteiger partial charge in [0.05, 0.1) is 23.9 Å². The van der Waals surface area contributed by atoms with Gasteiger partial charge in [-0.1, -0.05) is 41.3 Å². The molecular formula is C26H30F4IN5O3. The molecule has 3 unspecified atom stereocenters. The number of aliphatic hydroxyl groups excluding tert-OH is 1. The summed E-state index contributed by atoms with van der Waals surface area (Å²) in [4.78, 5) is 34.6. The number of halogens is 5. The number of rotatable bonds is 8. The molecule has 0 aromatic rings. The van der Waals surface area contributed by atoms with Gasteiger partial charge in [0, 0.05) is 25.1 Å². The zero-order valence-corrected chi connectivity index (χ0v) is 23.5. The third-order valence-electron chi connectivity index (χ3n) is 7.98. The monoisotopic (exact) mass is 663 g/mol. The van der Waals surface area contributed by atoms with E-state index in [9.17, 15) is 32.3 Å². The van der Waals surface area contributed by atoms with Crippen LogP contribution >= 0.6 is 22.6 Å². The van der Waals surface area contributed by atoms with Crippen molar-refractivity contribution in [2.24, 2.45) is 21.8 Å². The molecule has 4 aliphatic rings. The number of alkyl halides is 4. The van der Waals surface area contributed by atoms with Gasteiger partial charge in [-0.2, -0.15) is 0 Å². The van der Waals surface area contributed by atoms with Crippen molar-refractivity contribution in [2.75, 3.05) is 20.3 Å². The maximum Gasteiger partial charge on any atom is 0.252 e. The van der Waals surface area contributed by atoms with Crippen LogP contribution in [0.2, 0.25) is 0 Å². The van der Waals surface area contributed by atoms with Crippen molar-refractivity contribution >= 4 is 46.5 Å². The van der Waals surface area contributed by atoms with Crippen molar-refractivity contribution in [2.45, 2.75) is 56.0 Å². The topological polar surface area (TPSA) is 97.6 Å². The van der Waals surface area contributed by atoms with Crippen molar-refractivity contribution in [1.82, 2.24) is 15.3 Å². The zero-order chi connectivity index (χ0) is 28.5. The molecule has 4 atom stereocenters. The van der Waals surface area contributed by atoms with Crippen LogP contribution in [0.3, 0.4) is 0 Å². The van der Waals surface area contributed by atoms with Gasteiger partial charge in [-0.3, -0.25) is 14.6 Å². The van der Waals surface area contributed by atoms with Crippen LogP contribution in [-0.2, 0) is 9.59 Å². The molecule has 13 heteroatoms. The highest BCUT2D eigenvalue weighted by Gasteiger charge is 2.60. The predicted molar refractivity (Wildman–Crippen MR) is 147 cm³/mol. The molecule has 2 aliphatic carbocycles. The fourth-order valence-electron chi connectivity index (χ4n) is 5.42. The van der Waals surface area contributed by atoms with Gasteiger partial charge in [-0.15, -0.1) is 0 Å². The number of aliphatic hydroxyl groups is 1. The van der Waals surface area contributed by atoms with E-state index in [0.29, 0.717) is 12.8 Å². The predicted octanol–water partition coefficient (Wildman–Crippen LogP) is 3.80. The second-order valence-electron chi connectivity index (χ2n) is 10.2. The molecule has 1 saturated carbocycles. The molecule has 4 rings (SSSR count). The van der Waals surface area contributed by atoms with Crippen molar-refractivity contribution in [3.05, 3.63) is 45.7 Å². The Kier molecular flexibility index (Phi) is 8.81. The van der Waals surface area contributed by atoms with Gasteiger partial charge < -0.3 is 10.4 Å². The smallest absolute Gasteiger partial charge is 0.252 e. The number of nitrogens with zero attached hydrogens (tertiary/aromatic N) is 4. The number of carbonyl (C=O) groups excluding carboxylic acids is 2. The van der Waals surface area contributed by atoms with E-state index in [-0.39, 0.29) is 29.9 Å². The molecule has 0 radical (unpaired) electrons. The van der Waals surface area contributed by atoms with Crippen LogP contribution in [0, 0.1) is 11.8 Å². The summed E-state index contributed by atoms with van der Waals surface area (Å²) in [7, 11) is 1.70. The second-order valence-corrected chi connectivity index (χ2v) is 10.8. The summed E-state index contributed by atoms with van der Waals surface area (Å²) >= 11 is 2.03. The fraction of sp³-hybridized carbons (Fsp3) is 0.538. The Morgan fingerprint density at radius 2 is 2.13 bits per heavy atom. The summed E-state index contributed by atoms with van der Waals surface area (Å²) in [6.07, 6.45) is 1.89. The Bertz CT molecular complexity index is 1180. The van der Waals surface area contributed by atoms with Gasteiger partial charge in [0.2, 0.25) is 18.1 Å². The lowest BCUT2D eigenvalue weighted by Crippen LogP contribution is -2.75. The third kappa shape index (κ3) is 5.49. The van der Waals surface area contributed by atoms with Crippen molar-refractivity contribution in [1.29, 1.82) is 0 Å². The molecule has 2 aliphatic heterocycles. The summed E-state index contributed by atoms with van der Waals surface area (Å²) in [5.41, 5.74) is 0.0281. The van der Waals surface area contributed by atoms with E-state index >= 15 is 0 Å². The Morgan fingerprint density at radius 1 is 1.41 bits per heavy atom. The summed E-state index contributed by atoms with van der Waals surface area (Å²) in [5.74, 6) is -6.77. The lowest BCUT2D eigenvalue weighted by molar-refractivity contribution is -0.222.